The number of fused-ring (bicyclic) bond motifs is 8. The predicted octanol–water partition coefficient (Wildman–Crippen LogP) is 3.63. The van der Waals surface area contributed by atoms with Gasteiger partial charge >= 0.3 is 0 Å². The quantitative estimate of drug-likeness (QED) is 0.630. The molecule has 1 saturated heterocycles. The van der Waals surface area contributed by atoms with Crippen molar-refractivity contribution in [2.24, 2.45) is 11.3 Å². The van der Waals surface area contributed by atoms with Gasteiger partial charge in [0.05, 0.1) is 11.5 Å². The van der Waals surface area contributed by atoms with Crippen LogP contribution in [0.5, 0.6) is 0 Å². The third-order valence-corrected chi connectivity index (χ3v) is 8.03. The number of allylic oxidation sites excluding steroid dienone is 3. The van der Waals surface area contributed by atoms with Crippen LogP contribution in [0.2, 0.25) is 0 Å². The minimum Gasteiger partial charge on any atom is -0.386 e. The van der Waals surface area contributed by atoms with Crippen molar-refractivity contribution in [1.82, 2.24) is 0 Å². The standard InChI is InChI=1S/C25H28O4/c1-14(6-7-15(2)26)16-8-10-18-17(13-16)9-11-19-21(18)22-23(29-22)25(28)12-4-5-20(27)24(19,25)3/h4-8,10,13-14,19,21-23,28H,9,11-12H2,1-3H3. The van der Waals surface area contributed by atoms with Crippen molar-refractivity contribution in [2.45, 2.75) is 69.7 Å². The molecule has 0 amide bonds. The van der Waals surface area contributed by atoms with E-state index in [1.807, 2.05) is 19.1 Å². The molecule has 1 N–H and O–H groups in total. The molecule has 1 aliphatic heterocycles. The first-order chi connectivity index (χ1) is 13.8. The summed E-state index contributed by atoms with van der Waals surface area (Å²) >= 11 is 0. The van der Waals surface area contributed by atoms with Gasteiger partial charge in [0.15, 0.2) is 11.6 Å². The van der Waals surface area contributed by atoms with E-state index in [0.29, 0.717) is 6.42 Å². The number of aliphatic hydroxyl groups is 1. The summed E-state index contributed by atoms with van der Waals surface area (Å²) in [7, 11) is 0. The highest BCUT2D eigenvalue weighted by Gasteiger charge is 2.74. The van der Waals surface area contributed by atoms with Crippen LogP contribution in [0, 0.1) is 11.3 Å². The zero-order chi connectivity index (χ0) is 20.6. The molecule has 29 heavy (non-hydrogen) atoms. The SMILES string of the molecule is CC(=O)C=CC(C)c1ccc2c(c1)CCC1C2C2OC2C2(O)CC=CC(=O)C12C. The first kappa shape index (κ1) is 19.0. The molecule has 4 heteroatoms. The lowest BCUT2D eigenvalue weighted by atomic mass is 9.48. The van der Waals surface area contributed by atoms with E-state index in [2.05, 4.69) is 25.1 Å². The normalized spacial score (nSPS) is 40.6. The maximum Gasteiger partial charge on any atom is 0.164 e. The van der Waals surface area contributed by atoms with Crippen LogP contribution in [0.15, 0.2) is 42.5 Å². The summed E-state index contributed by atoms with van der Waals surface area (Å²) in [5.41, 5.74) is 1.90. The molecular formula is C25H28O4. The minimum atomic E-state index is -1.09. The van der Waals surface area contributed by atoms with E-state index in [4.69, 9.17) is 4.74 Å². The summed E-state index contributed by atoms with van der Waals surface area (Å²) < 4.78 is 6.05. The average molecular weight is 392 g/mol. The first-order valence-corrected chi connectivity index (χ1v) is 10.7. The Bertz CT molecular complexity index is 960. The summed E-state index contributed by atoms with van der Waals surface area (Å²) in [6.07, 6.45) is 9.06. The van der Waals surface area contributed by atoms with Gasteiger partial charge in [-0.25, -0.2) is 0 Å². The molecule has 1 heterocycles. The molecule has 7 atom stereocenters. The molecule has 1 aromatic carbocycles. The Morgan fingerprint density at radius 3 is 2.93 bits per heavy atom. The van der Waals surface area contributed by atoms with Crippen molar-refractivity contribution < 1.29 is 19.4 Å². The molecule has 152 valence electrons. The molecule has 2 fully saturated rings. The molecule has 7 unspecified atom stereocenters. The van der Waals surface area contributed by atoms with Crippen LogP contribution >= 0.6 is 0 Å². The van der Waals surface area contributed by atoms with Crippen LogP contribution in [0.4, 0.5) is 0 Å². The summed E-state index contributed by atoms with van der Waals surface area (Å²) in [5, 5.41) is 11.5. The monoisotopic (exact) mass is 392 g/mol. The van der Waals surface area contributed by atoms with Gasteiger partial charge in [-0.05, 0) is 73.8 Å². The second-order valence-corrected chi connectivity index (χ2v) is 9.51. The second kappa shape index (κ2) is 6.23. The van der Waals surface area contributed by atoms with Gasteiger partial charge in [-0.1, -0.05) is 37.3 Å². The third kappa shape index (κ3) is 2.52. The molecule has 0 spiro atoms. The smallest absolute Gasteiger partial charge is 0.164 e. The zero-order valence-electron chi connectivity index (χ0n) is 17.2. The molecule has 4 aliphatic rings. The lowest BCUT2D eigenvalue weighted by molar-refractivity contribution is -0.164. The number of epoxide rings is 1. The van der Waals surface area contributed by atoms with E-state index in [0.717, 1.165) is 12.8 Å². The Kier molecular flexibility index (Phi) is 4.07. The van der Waals surface area contributed by atoms with E-state index in [1.54, 1.807) is 19.1 Å². The molecule has 1 saturated carbocycles. The molecule has 4 nitrogen and oxygen atoms in total. The Morgan fingerprint density at radius 1 is 1.38 bits per heavy atom. The van der Waals surface area contributed by atoms with Gasteiger partial charge in [0.1, 0.15) is 11.7 Å². The maximum absolute atomic E-state index is 13.0. The van der Waals surface area contributed by atoms with Crippen molar-refractivity contribution in [1.29, 1.82) is 0 Å². The molecule has 0 radical (unpaired) electrons. The van der Waals surface area contributed by atoms with Crippen molar-refractivity contribution in [2.75, 3.05) is 0 Å². The van der Waals surface area contributed by atoms with Crippen LogP contribution in [0.3, 0.4) is 0 Å². The number of hydrogen-bond acceptors (Lipinski definition) is 4. The largest absolute Gasteiger partial charge is 0.386 e. The highest BCUT2D eigenvalue weighted by molar-refractivity contribution is 5.97. The van der Waals surface area contributed by atoms with Crippen LogP contribution in [-0.2, 0) is 20.7 Å². The number of hydrogen-bond donors (Lipinski definition) is 1. The van der Waals surface area contributed by atoms with E-state index in [1.165, 1.54) is 16.7 Å². The van der Waals surface area contributed by atoms with Crippen LogP contribution in [0.1, 0.15) is 62.1 Å². The number of benzene rings is 1. The van der Waals surface area contributed by atoms with E-state index < -0.39 is 11.0 Å². The Hall–Kier alpha value is -2.04. The molecule has 1 aromatic rings. The molecule has 0 aromatic heterocycles. The summed E-state index contributed by atoms with van der Waals surface area (Å²) in [6, 6.07) is 6.58. The van der Waals surface area contributed by atoms with Crippen LogP contribution in [-0.4, -0.2) is 34.5 Å². The summed E-state index contributed by atoms with van der Waals surface area (Å²) in [5.74, 6) is 0.511. The van der Waals surface area contributed by atoms with Gasteiger partial charge < -0.3 is 9.84 Å². The molecule has 3 aliphatic carbocycles. The maximum atomic E-state index is 13.0. The number of ether oxygens (including phenoxy) is 1. The van der Waals surface area contributed by atoms with Crippen molar-refractivity contribution in [3.05, 3.63) is 59.2 Å². The molecular weight excluding hydrogens is 364 g/mol. The number of aryl methyl sites for hydroxylation is 1. The van der Waals surface area contributed by atoms with Crippen LogP contribution < -0.4 is 0 Å². The van der Waals surface area contributed by atoms with Crippen molar-refractivity contribution in [3.63, 3.8) is 0 Å². The zero-order valence-corrected chi connectivity index (χ0v) is 17.2. The Balaban J connectivity index is 1.52. The molecule has 0 bridgehead atoms. The molecule has 5 rings (SSSR count). The predicted molar refractivity (Wildman–Crippen MR) is 110 cm³/mol. The number of carbonyl (C=O) groups excluding carboxylic acids is 2. The fourth-order valence-corrected chi connectivity index (χ4v) is 6.24. The number of rotatable bonds is 3. The Morgan fingerprint density at radius 2 is 2.17 bits per heavy atom. The van der Waals surface area contributed by atoms with E-state index in [-0.39, 0.29) is 41.5 Å². The van der Waals surface area contributed by atoms with Gasteiger partial charge in [-0.3, -0.25) is 9.59 Å². The van der Waals surface area contributed by atoms with Gasteiger partial charge in [-0.2, -0.15) is 0 Å². The number of carbonyl (C=O) groups is 2. The third-order valence-electron chi connectivity index (χ3n) is 8.03. The highest BCUT2D eigenvalue weighted by Crippen LogP contribution is 2.66. The van der Waals surface area contributed by atoms with E-state index in [9.17, 15) is 14.7 Å². The topological polar surface area (TPSA) is 66.9 Å². The Labute approximate surface area is 171 Å². The lowest BCUT2D eigenvalue weighted by Crippen LogP contribution is -2.65. The number of ketones is 2. The minimum absolute atomic E-state index is 0.00249. The fourth-order valence-electron chi connectivity index (χ4n) is 6.24. The van der Waals surface area contributed by atoms with Gasteiger partial charge in [-0.15, -0.1) is 0 Å². The van der Waals surface area contributed by atoms with Crippen molar-refractivity contribution >= 4 is 11.6 Å². The fraction of sp³-hybridized carbons (Fsp3) is 0.520. The van der Waals surface area contributed by atoms with Crippen LogP contribution in [0.25, 0.3) is 0 Å². The average Bonchev–Trinajstić information content (AvgIpc) is 3.50. The first-order valence-electron chi connectivity index (χ1n) is 10.7. The van der Waals surface area contributed by atoms with Gasteiger partial charge in [0.25, 0.3) is 0 Å². The van der Waals surface area contributed by atoms with Gasteiger partial charge in [0.2, 0.25) is 0 Å². The second-order valence-electron chi connectivity index (χ2n) is 9.51. The highest BCUT2D eigenvalue weighted by atomic mass is 16.6. The van der Waals surface area contributed by atoms with E-state index >= 15 is 0 Å². The van der Waals surface area contributed by atoms with Gasteiger partial charge in [0, 0.05) is 5.92 Å². The van der Waals surface area contributed by atoms with Crippen molar-refractivity contribution in [3.8, 4) is 0 Å². The summed E-state index contributed by atoms with van der Waals surface area (Å²) in [4.78, 5) is 24.3. The summed E-state index contributed by atoms with van der Waals surface area (Å²) in [6.45, 7) is 5.62. The lowest BCUT2D eigenvalue weighted by Gasteiger charge is -2.55.